The van der Waals surface area contributed by atoms with Crippen LogP contribution in [0.2, 0.25) is 0 Å². The number of carbonyl (C=O) groups is 3. The molecule has 2 aromatic rings. The van der Waals surface area contributed by atoms with Gasteiger partial charge in [-0.05, 0) is 29.3 Å². The SMILES string of the molecule is COC(=N)C(NC(=O)CN)c1ccc(-c2ccc(N3C[C@H](CNC(C)=O)OC3=O)cc2F)cc1. The predicted molar refractivity (Wildman–Crippen MR) is 123 cm³/mol. The van der Waals surface area contributed by atoms with E-state index in [-0.39, 0.29) is 31.4 Å². The van der Waals surface area contributed by atoms with Crippen molar-refractivity contribution in [3.05, 3.63) is 53.8 Å². The maximum atomic E-state index is 15.0. The van der Waals surface area contributed by atoms with E-state index in [1.54, 1.807) is 36.4 Å². The standard InChI is InChI=1S/C23H26FN5O5/c1-13(30)27-11-17-12-29(23(32)34-17)16-7-8-18(19(24)9-16)14-3-5-15(6-4-14)21(22(26)33-2)28-20(31)10-25/h3-9,17,21,26H,10-12,25H2,1-2H3,(H,27,30)(H,28,31)/t17-,21?/m0/s1. The smallest absolute Gasteiger partial charge is 0.414 e. The summed E-state index contributed by atoms with van der Waals surface area (Å²) < 4.78 is 25.1. The summed E-state index contributed by atoms with van der Waals surface area (Å²) in [5, 5.41) is 13.1. The lowest BCUT2D eigenvalue weighted by Crippen LogP contribution is -2.37. The Morgan fingerprint density at radius 1 is 1.29 bits per heavy atom. The molecule has 1 heterocycles. The molecule has 180 valence electrons. The van der Waals surface area contributed by atoms with Gasteiger partial charge in [0, 0.05) is 12.5 Å². The zero-order valence-corrected chi connectivity index (χ0v) is 18.8. The maximum Gasteiger partial charge on any atom is 0.414 e. The summed E-state index contributed by atoms with van der Waals surface area (Å²) in [5.41, 5.74) is 7.12. The number of methoxy groups -OCH3 is 1. The normalized spacial score (nSPS) is 15.9. The van der Waals surface area contributed by atoms with E-state index < -0.39 is 30.0 Å². The Balaban J connectivity index is 1.77. The number of benzene rings is 2. The molecule has 1 unspecified atom stereocenters. The van der Waals surface area contributed by atoms with Crippen molar-refractivity contribution >= 4 is 29.5 Å². The highest BCUT2D eigenvalue weighted by atomic mass is 19.1. The van der Waals surface area contributed by atoms with Crippen LogP contribution in [0.4, 0.5) is 14.9 Å². The third kappa shape index (κ3) is 5.67. The molecule has 34 heavy (non-hydrogen) atoms. The molecule has 0 aromatic heterocycles. The first-order chi connectivity index (χ1) is 16.2. The predicted octanol–water partition coefficient (Wildman–Crippen LogP) is 1.69. The van der Waals surface area contributed by atoms with Gasteiger partial charge in [0.25, 0.3) is 0 Å². The zero-order valence-electron chi connectivity index (χ0n) is 18.8. The molecule has 1 aliphatic heterocycles. The fourth-order valence-electron chi connectivity index (χ4n) is 3.50. The van der Waals surface area contributed by atoms with Crippen molar-refractivity contribution in [1.82, 2.24) is 10.6 Å². The Morgan fingerprint density at radius 3 is 2.59 bits per heavy atom. The Hall–Kier alpha value is -3.99. The van der Waals surface area contributed by atoms with E-state index in [0.29, 0.717) is 22.4 Å². The molecule has 11 heteroatoms. The average Bonchev–Trinajstić information content (AvgIpc) is 3.21. The average molecular weight is 471 g/mol. The van der Waals surface area contributed by atoms with Gasteiger partial charge < -0.3 is 25.8 Å². The number of hydrogen-bond donors (Lipinski definition) is 4. The zero-order chi connectivity index (χ0) is 24.8. The molecule has 0 saturated carbocycles. The maximum absolute atomic E-state index is 15.0. The molecule has 1 fully saturated rings. The van der Waals surface area contributed by atoms with Crippen molar-refractivity contribution in [2.75, 3.05) is 31.6 Å². The molecule has 0 aliphatic carbocycles. The molecule has 5 N–H and O–H groups in total. The lowest BCUT2D eigenvalue weighted by molar-refractivity contribution is -0.120. The summed E-state index contributed by atoms with van der Waals surface area (Å²) in [6.07, 6.45) is -1.14. The fraction of sp³-hybridized carbons (Fsp3) is 0.304. The molecule has 1 saturated heterocycles. The van der Waals surface area contributed by atoms with Gasteiger partial charge in [-0.15, -0.1) is 0 Å². The summed E-state index contributed by atoms with van der Waals surface area (Å²) >= 11 is 0. The second-order valence-corrected chi connectivity index (χ2v) is 7.61. The summed E-state index contributed by atoms with van der Waals surface area (Å²) in [5.74, 6) is -1.39. The number of nitrogens with zero attached hydrogens (tertiary/aromatic N) is 1. The van der Waals surface area contributed by atoms with Gasteiger partial charge in [0.15, 0.2) is 0 Å². The molecule has 10 nitrogen and oxygen atoms in total. The number of anilines is 1. The van der Waals surface area contributed by atoms with Crippen LogP contribution in [0.3, 0.4) is 0 Å². The van der Waals surface area contributed by atoms with Crippen molar-refractivity contribution in [3.8, 4) is 11.1 Å². The largest absolute Gasteiger partial charge is 0.483 e. The molecular formula is C23H26FN5O5. The minimum atomic E-state index is -0.825. The van der Waals surface area contributed by atoms with E-state index in [4.69, 9.17) is 20.6 Å². The molecule has 0 spiro atoms. The van der Waals surface area contributed by atoms with Crippen molar-refractivity contribution in [1.29, 1.82) is 5.41 Å². The number of amides is 3. The number of hydrogen-bond acceptors (Lipinski definition) is 7. The van der Waals surface area contributed by atoms with Gasteiger partial charge >= 0.3 is 6.09 Å². The molecule has 2 aromatic carbocycles. The molecule has 2 atom stereocenters. The fourth-order valence-corrected chi connectivity index (χ4v) is 3.50. The molecule has 0 bridgehead atoms. The Labute approximate surface area is 195 Å². The quantitative estimate of drug-likeness (QED) is 0.340. The Bertz CT molecular complexity index is 1090. The van der Waals surface area contributed by atoms with Crippen LogP contribution in [-0.2, 0) is 19.1 Å². The Morgan fingerprint density at radius 2 is 2.00 bits per heavy atom. The van der Waals surface area contributed by atoms with Crippen LogP contribution in [0.15, 0.2) is 42.5 Å². The number of nitrogens with two attached hydrogens (primary N) is 1. The first-order valence-corrected chi connectivity index (χ1v) is 10.5. The van der Waals surface area contributed by atoms with Crippen LogP contribution in [-0.4, -0.2) is 56.7 Å². The highest BCUT2D eigenvalue weighted by Crippen LogP contribution is 2.30. The van der Waals surface area contributed by atoms with Gasteiger partial charge in [-0.25, -0.2) is 9.18 Å². The minimum absolute atomic E-state index is 0.167. The lowest BCUT2D eigenvalue weighted by atomic mass is 9.99. The summed E-state index contributed by atoms with van der Waals surface area (Å²) in [4.78, 5) is 36.3. The van der Waals surface area contributed by atoms with Gasteiger partial charge in [-0.2, -0.15) is 0 Å². The first-order valence-electron chi connectivity index (χ1n) is 10.5. The van der Waals surface area contributed by atoms with Crippen LogP contribution in [0.1, 0.15) is 18.5 Å². The van der Waals surface area contributed by atoms with Gasteiger partial charge in [0.05, 0.1) is 32.4 Å². The van der Waals surface area contributed by atoms with Crippen LogP contribution < -0.4 is 21.3 Å². The van der Waals surface area contributed by atoms with E-state index >= 15 is 0 Å². The van der Waals surface area contributed by atoms with E-state index in [1.165, 1.54) is 25.0 Å². The van der Waals surface area contributed by atoms with Crippen molar-refractivity contribution in [3.63, 3.8) is 0 Å². The molecule has 3 amide bonds. The van der Waals surface area contributed by atoms with Crippen LogP contribution in [0.25, 0.3) is 11.1 Å². The van der Waals surface area contributed by atoms with Crippen molar-refractivity contribution in [2.24, 2.45) is 5.73 Å². The van der Waals surface area contributed by atoms with Crippen molar-refractivity contribution in [2.45, 2.75) is 19.1 Å². The van der Waals surface area contributed by atoms with E-state index in [0.717, 1.165) is 0 Å². The summed E-state index contributed by atoms with van der Waals surface area (Å²) in [6.45, 7) is 1.50. The first kappa shape index (κ1) is 24.6. The Kier molecular flexibility index (Phi) is 7.79. The van der Waals surface area contributed by atoms with Crippen LogP contribution in [0.5, 0.6) is 0 Å². The van der Waals surface area contributed by atoms with Gasteiger partial charge in [0.1, 0.15) is 18.0 Å². The number of nitrogens with one attached hydrogen (secondary N) is 3. The lowest BCUT2D eigenvalue weighted by Gasteiger charge is -2.19. The van der Waals surface area contributed by atoms with E-state index in [2.05, 4.69) is 10.6 Å². The van der Waals surface area contributed by atoms with Gasteiger partial charge in [0.2, 0.25) is 17.7 Å². The topological polar surface area (TPSA) is 147 Å². The van der Waals surface area contributed by atoms with E-state index in [1.807, 2.05) is 0 Å². The number of rotatable bonds is 8. The second kappa shape index (κ2) is 10.8. The van der Waals surface area contributed by atoms with Crippen LogP contribution in [0, 0.1) is 11.2 Å². The number of halogens is 1. The third-order valence-electron chi connectivity index (χ3n) is 5.24. The third-order valence-corrected chi connectivity index (χ3v) is 5.24. The molecule has 3 rings (SSSR count). The van der Waals surface area contributed by atoms with E-state index in [9.17, 15) is 18.8 Å². The monoisotopic (exact) mass is 471 g/mol. The molecule has 0 radical (unpaired) electrons. The molecule has 1 aliphatic rings. The number of ether oxygens (including phenoxy) is 2. The summed E-state index contributed by atoms with van der Waals surface area (Å²) in [6, 6.07) is 10.2. The van der Waals surface area contributed by atoms with Crippen LogP contribution >= 0.6 is 0 Å². The van der Waals surface area contributed by atoms with Gasteiger partial charge in [-0.1, -0.05) is 24.3 Å². The van der Waals surface area contributed by atoms with Gasteiger partial charge in [-0.3, -0.25) is 19.9 Å². The minimum Gasteiger partial charge on any atom is -0.483 e. The van der Waals surface area contributed by atoms with Crippen molar-refractivity contribution < 1.29 is 28.2 Å². The number of carbonyl (C=O) groups excluding carboxylic acids is 3. The molecular weight excluding hydrogens is 445 g/mol. The summed E-state index contributed by atoms with van der Waals surface area (Å²) in [7, 11) is 1.33. The number of cyclic esters (lactones) is 1. The second-order valence-electron chi connectivity index (χ2n) is 7.61. The highest BCUT2D eigenvalue weighted by Gasteiger charge is 2.32. The highest BCUT2D eigenvalue weighted by molar-refractivity contribution is 5.90.